The van der Waals surface area contributed by atoms with Crippen molar-refractivity contribution in [2.75, 3.05) is 39.2 Å². The van der Waals surface area contributed by atoms with Crippen molar-refractivity contribution in [1.29, 1.82) is 0 Å². The normalized spacial score (nSPS) is 18.9. The van der Waals surface area contributed by atoms with Gasteiger partial charge in [-0.2, -0.15) is 0 Å². The Morgan fingerprint density at radius 2 is 1.93 bits per heavy atom. The molecule has 0 saturated carbocycles. The Balaban J connectivity index is 1.32. The first-order chi connectivity index (χ1) is 14.6. The third-order valence-electron chi connectivity index (χ3n) is 5.52. The van der Waals surface area contributed by atoms with Crippen molar-refractivity contribution < 1.29 is 23.6 Å². The number of carbonyl (C=O) groups excluding carboxylic acids is 1. The van der Waals surface area contributed by atoms with E-state index in [0.717, 1.165) is 31.4 Å². The number of hydrogen-bond acceptors (Lipinski definition) is 5. The maximum Gasteiger partial charge on any atom is 0.279 e. The minimum Gasteiger partial charge on any atom is -0.493 e. The number of carbonyl (C=O) groups is 1. The maximum absolute atomic E-state index is 13.4. The molecule has 4 rings (SSSR count). The number of piperidine rings is 1. The molecule has 1 amide bonds. The number of quaternary nitrogens is 1. The zero-order valence-corrected chi connectivity index (χ0v) is 17.0. The number of halogens is 1. The van der Waals surface area contributed by atoms with E-state index < -0.39 is 0 Å². The van der Waals surface area contributed by atoms with E-state index in [0.29, 0.717) is 29.2 Å². The highest BCUT2D eigenvalue weighted by atomic mass is 19.1. The second kappa shape index (κ2) is 8.66. The zero-order valence-electron chi connectivity index (χ0n) is 17.0. The Kier molecular flexibility index (Phi) is 5.80. The summed E-state index contributed by atoms with van der Waals surface area (Å²) in [7, 11) is 3.13. The fraction of sp³-hybridized carbons (Fsp3) is 0.381. The standard InChI is InChI=1S/C21H24FN5O3/c1-29-19-6-4-15(12-20(19)30-2)23-21(28)13-26-9-7-16(8-10-26)27-18-5-3-14(22)11-17(18)24-25-27/h3-6,11-12,16H,7-10,13H2,1-2H3,(H,23,28)/p+1. The summed E-state index contributed by atoms with van der Waals surface area (Å²) < 4.78 is 25.7. The summed E-state index contributed by atoms with van der Waals surface area (Å²) in [6.45, 7) is 2.10. The molecule has 158 valence electrons. The van der Waals surface area contributed by atoms with Gasteiger partial charge in [0.05, 0.1) is 38.9 Å². The predicted molar refractivity (Wildman–Crippen MR) is 109 cm³/mol. The van der Waals surface area contributed by atoms with Crippen LogP contribution in [0.25, 0.3) is 11.0 Å². The topological polar surface area (TPSA) is 82.7 Å². The third-order valence-corrected chi connectivity index (χ3v) is 5.52. The van der Waals surface area contributed by atoms with Gasteiger partial charge in [-0.15, -0.1) is 5.10 Å². The highest BCUT2D eigenvalue weighted by molar-refractivity contribution is 5.91. The Labute approximate surface area is 173 Å². The molecule has 1 aromatic heterocycles. The molecular weight excluding hydrogens is 389 g/mol. The Morgan fingerprint density at radius 1 is 1.17 bits per heavy atom. The number of benzene rings is 2. The summed E-state index contributed by atoms with van der Waals surface area (Å²) in [6, 6.07) is 10.1. The molecule has 1 fully saturated rings. The Bertz CT molecular complexity index is 1050. The molecule has 2 aromatic carbocycles. The number of likely N-dealkylation sites (tertiary alicyclic amines) is 1. The van der Waals surface area contributed by atoms with Crippen LogP contribution in [0.1, 0.15) is 18.9 Å². The second-order valence-corrected chi connectivity index (χ2v) is 7.44. The average Bonchev–Trinajstić information content (AvgIpc) is 3.17. The molecule has 9 heteroatoms. The van der Waals surface area contributed by atoms with Crippen LogP contribution >= 0.6 is 0 Å². The van der Waals surface area contributed by atoms with E-state index in [-0.39, 0.29) is 17.8 Å². The highest BCUT2D eigenvalue weighted by Crippen LogP contribution is 2.29. The predicted octanol–water partition coefficient (Wildman–Crippen LogP) is 1.45. The van der Waals surface area contributed by atoms with Gasteiger partial charge in [0.1, 0.15) is 11.3 Å². The molecule has 0 bridgehead atoms. The fourth-order valence-corrected chi connectivity index (χ4v) is 3.96. The van der Waals surface area contributed by atoms with Gasteiger partial charge in [0.2, 0.25) is 0 Å². The molecule has 0 aliphatic carbocycles. The number of amides is 1. The van der Waals surface area contributed by atoms with Crippen LogP contribution < -0.4 is 19.7 Å². The van der Waals surface area contributed by atoms with Crippen LogP contribution in [-0.4, -0.2) is 54.8 Å². The van der Waals surface area contributed by atoms with Crippen LogP contribution in [0, 0.1) is 5.82 Å². The molecule has 8 nitrogen and oxygen atoms in total. The number of fused-ring (bicyclic) bond motifs is 1. The lowest BCUT2D eigenvalue weighted by Gasteiger charge is -2.29. The highest BCUT2D eigenvalue weighted by Gasteiger charge is 2.27. The molecule has 0 radical (unpaired) electrons. The summed E-state index contributed by atoms with van der Waals surface area (Å²) in [4.78, 5) is 13.7. The second-order valence-electron chi connectivity index (χ2n) is 7.44. The van der Waals surface area contributed by atoms with Gasteiger partial charge in [0.25, 0.3) is 5.91 Å². The SMILES string of the molecule is COc1ccc(NC(=O)C[NH+]2CCC(n3nnc4cc(F)ccc43)CC2)cc1OC. The quantitative estimate of drug-likeness (QED) is 0.638. The van der Waals surface area contributed by atoms with Gasteiger partial charge >= 0.3 is 0 Å². The number of ether oxygens (including phenoxy) is 2. The van der Waals surface area contributed by atoms with E-state index >= 15 is 0 Å². The Morgan fingerprint density at radius 3 is 2.67 bits per heavy atom. The van der Waals surface area contributed by atoms with E-state index in [2.05, 4.69) is 15.6 Å². The van der Waals surface area contributed by atoms with Gasteiger partial charge in [-0.05, 0) is 24.3 Å². The van der Waals surface area contributed by atoms with Gasteiger partial charge < -0.3 is 19.7 Å². The number of aromatic nitrogens is 3. The lowest BCUT2D eigenvalue weighted by atomic mass is 10.0. The van der Waals surface area contributed by atoms with Crippen LogP contribution in [0.15, 0.2) is 36.4 Å². The van der Waals surface area contributed by atoms with Crippen molar-refractivity contribution in [3.8, 4) is 11.5 Å². The average molecular weight is 414 g/mol. The molecule has 0 unspecified atom stereocenters. The summed E-state index contributed by atoms with van der Waals surface area (Å²) in [5, 5.41) is 11.2. The van der Waals surface area contributed by atoms with Gasteiger partial charge in [0, 0.05) is 30.7 Å². The number of rotatable bonds is 6. The fourth-order valence-electron chi connectivity index (χ4n) is 3.96. The van der Waals surface area contributed by atoms with Crippen molar-refractivity contribution in [2.24, 2.45) is 0 Å². The van der Waals surface area contributed by atoms with Gasteiger partial charge in [-0.25, -0.2) is 9.07 Å². The number of nitrogens with zero attached hydrogens (tertiary/aromatic N) is 3. The molecule has 0 spiro atoms. The van der Waals surface area contributed by atoms with Crippen LogP contribution in [0.5, 0.6) is 11.5 Å². The van der Waals surface area contributed by atoms with E-state index in [1.807, 2.05) is 4.68 Å². The summed E-state index contributed by atoms with van der Waals surface area (Å²) in [5.41, 5.74) is 2.09. The zero-order chi connectivity index (χ0) is 21.1. The lowest BCUT2D eigenvalue weighted by molar-refractivity contribution is -0.897. The minimum absolute atomic E-state index is 0.0441. The summed E-state index contributed by atoms with van der Waals surface area (Å²) >= 11 is 0. The Hall–Kier alpha value is -3.20. The number of hydrogen-bond donors (Lipinski definition) is 2. The van der Waals surface area contributed by atoms with Crippen molar-refractivity contribution in [2.45, 2.75) is 18.9 Å². The van der Waals surface area contributed by atoms with Crippen LogP contribution in [0.4, 0.5) is 10.1 Å². The molecule has 30 heavy (non-hydrogen) atoms. The van der Waals surface area contributed by atoms with Crippen molar-refractivity contribution >= 4 is 22.6 Å². The van der Waals surface area contributed by atoms with Gasteiger partial charge in [-0.1, -0.05) is 5.21 Å². The van der Waals surface area contributed by atoms with Crippen LogP contribution in [0.3, 0.4) is 0 Å². The van der Waals surface area contributed by atoms with Crippen molar-refractivity contribution in [1.82, 2.24) is 15.0 Å². The number of nitrogens with one attached hydrogen (secondary N) is 2. The smallest absolute Gasteiger partial charge is 0.279 e. The first-order valence-electron chi connectivity index (χ1n) is 9.93. The maximum atomic E-state index is 13.4. The molecular formula is C21H25FN5O3+. The molecule has 2 N–H and O–H groups in total. The molecule has 2 heterocycles. The van der Waals surface area contributed by atoms with E-state index in [1.54, 1.807) is 38.5 Å². The third kappa shape index (κ3) is 4.20. The van der Waals surface area contributed by atoms with E-state index in [1.165, 1.54) is 17.0 Å². The number of anilines is 1. The van der Waals surface area contributed by atoms with Crippen LogP contribution in [0.2, 0.25) is 0 Å². The van der Waals surface area contributed by atoms with E-state index in [9.17, 15) is 9.18 Å². The van der Waals surface area contributed by atoms with Crippen molar-refractivity contribution in [3.05, 3.63) is 42.2 Å². The molecule has 1 saturated heterocycles. The lowest BCUT2D eigenvalue weighted by Crippen LogP contribution is -3.14. The first kappa shape index (κ1) is 20.1. The molecule has 1 aliphatic heterocycles. The van der Waals surface area contributed by atoms with Gasteiger partial charge in [-0.3, -0.25) is 4.79 Å². The summed E-state index contributed by atoms with van der Waals surface area (Å²) in [6.07, 6.45) is 1.77. The minimum atomic E-state index is -0.311. The van der Waals surface area contributed by atoms with Crippen LogP contribution in [-0.2, 0) is 4.79 Å². The summed E-state index contributed by atoms with van der Waals surface area (Å²) in [5.74, 6) is 0.835. The number of methoxy groups -OCH3 is 2. The molecule has 1 aliphatic rings. The van der Waals surface area contributed by atoms with Gasteiger partial charge in [0.15, 0.2) is 18.0 Å². The van der Waals surface area contributed by atoms with E-state index in [4.69, 9.17) is 9.47 Å². The molecule has 0 atom stereocenters. The molecule has 3 aromatic rings. The monoisotopic (exact) mass is 414 g/mol. The van der Waals surface area contributed by atoms with Crippen molar-refractivity contribution in [3.63, 3.8) is 0 Å². The first-order valence-corrected chi connectivity index (χ1v) is 9.93. The largest absolute Gasteiger partial charge is 0.493 e.